The van der Waals surface area contributed by atoms with Gasteiger partial charge in [-0.1, -0.05) is 23.9 Å². The van der Waals surface area contributed by atoms with E-state index in [2.05, 4.69) is 25.9 Å². The number of benzene rings is 1. The van der Waals surface area contributed by atoms with E-state index >= 15 is 0 Å². The first-order valence-electron chi connectivity index (χ1n) is 9.55. The number of thiazole rings is 1. The first kappa shape index (κ1) is 18.4. The van der Waals surface area contributed by atoms with Gasteiger partial charge in [-0.3, -0.25) is 14.3 Å². The summed E-state index contributed by atoms with van der Waals surface area (Å²) in [6.45, 7) is 2.45. The molecule has 0 saturated carbocycles. The lowest BCUT2D eigenvalue weighted by atomic mass is 10.3. The van der Waals surface area contributed by atoms with Crippen molar-refractivity contribution in [1.29, 1.82) is 0 Å². The minimum Gasteiger partial charge on any atom is -0.342 e. The highest BCUT2D eigenvalue weighted by Crippen LogP contribution is 2.30. The molecule has 1 fully saturated rings. The van der Waals surface area contributed by atoms with Crippen molar-refractivity contribution in [1.82, 2.24) is 24.1 Å². The van der Waals surface area contributed by atoms with Gasteiger partial charge in [0, 0.05) is 32.4 Å². The Morgan fingerprint density at radius 1 is 1.17 bits per heavy atom. The fourth-order valence-corrected chi connectivity index (χ4v) is 5.79. The highest BCUT2D eigenvalue weighted by molar-refractivity contribution is 8.01. The quantitative estimate of drug-likeness (QED) is 0.491. The molecule has 0 radical (unpaired) electrons. The van der Waals surface area contributed by atoms with Crippen molar-refractivity contribution in [2.45, 2.75) is 23.7 Å². The van der Waals surface area contributed by atoms with Crippen LogP contribution in [0.15, 0.2) is 38.2 Å². The normalized spacial score (nSPS) is 14.4. The third-order valence-electron chi connectivity index (χ3n) is 5.19. The lowest BCUT2D eigenvalue weighted by molar-refractivity contribution is 0.752. The molecular weight excluding hydrogens is 408 g/mol. The monoisotopic (exact) mass is 428 g/mol. The summed E-state index contributed by atoms with van der Waals surface area (Å²) in [4.78, 5) is 38.6. The summed E-state index contributed by atoms with van der Waals surface area (Å²) >= 11 is 3.36. The van der Waals surface area contributed by atoms with E-state index in [9.17, 15) is 9.59 Å². The molecule has 0 spiro atoms. The van der Waals surface area contributed by atoms with Gasteiger partial charge in [-0.05, 0) is 25.0 Å². The number of fused-ring (bicyclic) bond motifs is 2. The lowest BCUT2D eigenvalue weighted by Crippen LogP contribution is -2.29. The van der Waals surface area contributed by atoms with Crippen molar-refractivity contribution in [2.24, 2.45) is 7.05 Å². The van der Waals surface area contributed by atoms with Gasteiger partial charge in [0.1, 0.15) is 0 Å². The zero-order valence-electron chi connectivity index (χ0n) is 15.9. The molecule has 8 nitrogen and oxygen atoms in total. The Morgan fingerprint density at radius 2 is 1.97 bits per heavy atom. The van der Waals surface area contributed by atoms with Gasteiger partial charge in [0.05, 0.1) is 10.2 Å². The zero-order chi connectivity index (χ0) is 20.0. The Kier molecular flexibility index (Phi) is 4.67. The Labute approximate surface area is 174 Å². The van der Waals surface area contributed by atoms with Gasteiger partial charge in [0.25, 0.3) is 5.56 Å². The molecule has 1 aromatic carbocycles. The number of aryl methyl sites for hydroxylation is 2. The van der Waals surface area contributed by atoms with E-state index in [1.54, 1.807) is 30.1 Å². The largest absolute Gasteiger partial charge is 0.342 e. The van der Waals surface area contributed by atoms with E-state index in [4.69, 9.17) is 0 Å². The van der Waals surface area contributed by atoms with E-state index in [1.807, 2.05) is 22.8 Å². The second-order valence-electron chi connectivity index (χ2n) is 7.04. The molecule has 0 unspecified atom stereocenters. The number of hydrogen-bond acceptors (Lipinski definition) is 7. The van der Waals surface area contributed by atoms with Crippen molar-refractivity contribution < 1.29 is 0 Å². The first-order valence-corrected chi connectivity index (χ1v) is 11.3. The fourth-order valence-electron chi connectivity index (χ4n) is 3.73. The fraction of sp³-hybridized carbons (Fsp3) is 0.368. The Hall–Kier alpha value is -2.59. The number of nitrogens with zero attached hydrogens (tertiary/aromatic N) is 5. The Morgan fingerprint density at radius 3 is 2.76 bits per heavy atom. The molecule has 5 rings (SSSR count). The van der Waals surface area contributed by atoms with Crippen molar-refractivity contribution in [3.05, 3.63) is 45.1 Å². The molecule has 0 aliphatic carbocycles. The van der Waals surface area contributed by atoms with E-state index in [1.165, 1.54) is 9.27 Å². The highest BCUT2D eigenvalue weighted by atomic mass is 32.2. The van der Waals surface area contributed by atoms with Crippen LogP contribution < -0.4 is 16.1 Å². The molecule has 0 amide bonds. The van der Waals surface area contributed by atoms with Gasteiger partial charge in [0.2, 0.25) is 5.95 Å². The summed E-state index contributed by atoms with van der Waals surface area (Å²) < 4.78 is 5.55. The zero-order valence-corrected chi connectivity index (χ0v) is 17.6. The second kappa shape index (κ2) is 7.34. The molecule has 150 valence electrons. The third kappa shape index (κ3) is 3.25. The molecule has 29 heavy (non-hydrogen) atoms. The van der Waals surface area contributed by atoms with E-state index < -0.39 is 5.69 Å². The molecular formula is C19H20N6O2S2. The summed E-state index contributed by atoms with van der Waals surface area (Å²) in [7, 11) is 1.64. The number of imidazole rings is 1. The van der Waals surface area contributed by atoms with Crippen molar-refractivity contribution in [3.63, 3.8) is 0 Å². The van der Waals surface area contributed by atoms with Crippen LogP contribution in [0.2, 0.25) is 0 Å². The average molecular weight is 429 g/mol. The second-order valence-corrected chi connectivity index (χ2v) is 9.42. The van der Waals surface area contributed by atoms with Gasteiger partial charge < -0.3 is 9.47 Å². The molecule has 1 saturated heterocycles. The van der Waals surface area contributed by atoms with Crippen LogP contribution in [0.4, 0.5) is 5.95 Å². The summed E-state index contributed by atoms with van der Waals surface area (Å²) in [5.41, 5.74) is 1.08. The van der Waals surface area contributed by atoms with Crippen molar-refractivity contribution >= 4 is 50.4 Å². The van der Waals surface area contributed by atoms with E-state index in [0.29, 0.717) is 17.7 Å². The number of thioether (sulfide) groups is 1. The van der Waals surface area contributed by atoms with Crippen LogP contribution in [-0.4, -0.2) is 42.9 Å². The number of para-hydroxylation sites is 1. The van der Waals surface area contributed by atoms with Crippen molar-refractivity contribution in [3.8, 4) is 0 Å². The standard InChI is InChI=1S/C19H20N6O2S2/c1-23-15-14(16(26)22-18(23)27)25(17(21-15)24-8-4-5-9-24)10-11-28-19-20-12-6-2-3-7-13(12)29-19/h2-3,6-7H,4-5,8-11H2,1H3,(H,22,26,27). The summed E-state index contributed by atoms with van der Waals surface area (Å²) in [5.74, 6) is 1.53. The number of aromatic nitrogens is 5. The summed E-state index contributed by atoms with van der Waals surface area (Å²) in [6.07, 6.45) is 2.22. The molecule has 3 aromatic heterocycles. The topological polar surface area (TPSA) is 88.8 Å². The number of H-pyrrole nitrogens is 1. The van der Waals surface area contributed by atoms with Crippen LogP contribution in [0, 0.1) is 0 Å². The van der Waals surface area contributed by atoms with Crippen molar-refractivity contribution in [2.75, 3.05) is 23.7 Å². The van der Waals surface area contributed by atoms with Crippen LogP contribution in [-0.2, 0) is 13.6 Å². The van der Waals surface area contributed by atoms with E-state index in [-0.39, 0.29) is 5.56 Å². The smallest absolute Gasteiger partial charge is 0.329 e. The molecule has 0 bridgehead atoms. The van der Waals surface area contributed by atoms with Crippen LogP contribution in [0.3, 0.4) is 0 Å². The predicted octanol–water partition coefficient (Wildman–Crippen LogP) is 2.43. The van der Waals surface area contributed by atoms with Gasteiger partial charge in [-0.15, -0.1) is 11.3 Å². The highest BCUT2D eigenvalue weighted by Gasteiger charge is 2.23. The van der Waals surface area contributed by atoms with Crippen LogP contribution >= 0.6 is 23.1 Å². The SMILES string of the molecule is Cn1c(=O)[nH]c(=O)c2c1nc(N1CCCC1)n2CCSc1nc2ccccc2s1. The molecule has 1 aliphatic heterocycles. The Bertz CT molecular complexity index is 1280. The molecule has 4 heterocycles. The molecule has 1 aliphatic rings. The van der Waals surface area contributed by atoms with Crippen LogP contribution in [0.1, 0.15) is 12.8 Å². The van der Waals surface area contributed by atoms with Crippen LogP contribution in [0.5, 0.6) is 0 Å². The van der Waals surface area contributed by atoms with Gasteiger partial charge in [-0.2, -0.15) is 4.98 Å². The summed E-state index contributed by atoms with van der Waals surface area (Å²) in [5, 5.41) is 0. The Balaban J connectivity index is 1.49. The number of anilines is 1. The summed E-state index contributed by atoms with van der Waals surface area (Å²) in [6, 6.07) is 8.11. The molecule has 0 atom stereocenters. The minimum absolute atomic E-state index is 0.383. The molecule has 4 aromatic rings. The number of hydrogen-bond donors (Lipinski definition) is 1. The molecule has 10 heteroatoms. The lowest BCUT2D eigenvalue weighted by Gasteiger charge is -2.18. The minimum atomic E-state index is -0.441. The molecule has 1 N–H and O–H groups in total. The van der Waals surface area contributed by atoms with Gasteiger partial charge in [-0.25, -0.2) is 9.78 Å². The third-order valence-corrected chi connectivity index (χ3v) is 7.35. The maximum absolute atomic E-state index is 12.6. The first-order chi connectivity index (χ1) is 14.1. The van der Waals surface area contributed by atoms with Gasteiger partial charge in [0.15, 0.2) is 15.5 Å². The number of rotatable bonds is 5. The van der Waals surface area contributed by atoms with Crippen LogP contribution in [0.25, 0.3) is 21.4 Å². The maximum atomic E-state index is 12.6. The maximum Gasteiger partial charge on any atom is 0.329 e. The average Bonchev–Trinajstić information content (AvgIpc) is 3.44. The number of nitrogens with one attached hydrogen (secondary N) is 1. The van der Waals surface area contributed by atoms with E-state index in [0.717, 1.165) is 47.5 Å². The number of aromatic amines is 1. The predicted molar refractivity (Wildman–Crippen MR) is 117 cm³/mol. The van der Waals surface area contributed by atoms with Gasteiger partial charge >= 0.3 is 5.69 Å².